The lowest BCUT2D eigenvalue weighted by Crippen LogP contribution is -2.45. The Kier molecular flexibility index (Phi) is 5.39. The van der Waals surface area contributed by atoms with Gasteiger partial charge in [-0.3, -0.25) is 9.78 Å². The van der Waals surface area contributed by atoms with E-state index in [0.717, 1.165) is 6.20 Å². The summed E-state index contributed by atoms with van der Waals surface area (Å²) in [5.74, 6) is -1.37. The molecule has 0 aliphatic rings. The Labute approximate surface area is 133 Å². The van der Waals surface area contributed by atoms with Crippen LogP contribution in [0.4, 0.5) is 8.78 Å². The molecular weight excluding hydrogens is 302 g/mol. The predicted molar refractivity (Wildman–Crippen MR) is 81.7 cm³/mol. The number of hydrogen-bond acceptors (Lipinski definition) is 3. The van der Waals surface area contributed by atoms with Gasteiger partial charge in [-0.05, 0) is 25.1 Å². The van der Waals surface area contributed by atoms with E-state index in [9.17, 15) is 13.6 Å². The average Bonchev–Trinajstić information content (AvgIpc) is 2.56. The van der Waals surface area contributed by atoms with Crippen LogP contribution in [0.3, 0.4) is 0 Å². The molecule has 1 N–H and O–H groups in total. The first kappa shape index (κ1) is 17.0. The highest BCUT2D eigenvalue weighted by Crippen LogP contribution is 2.27. The second-order valence-corrected chi connectivity index (χ2v) is 5.19. The van der Waals surface area contributed by atoms with Crippen LogP contribution in [0.25, 0.3) is 0 Å². The molecule has 1 unspecified atom stereocenters. The molecule has 4 nitrogen and oxygen atoms in total. The van der Waals surface area contributed by atoms with Crippen LogP contribution in [-0.2, 0) is 21.6 Å². The number of aromatic nitrogens is 1. The van der Waals surface area contributed by atoms with Crippen molar-refractivity contribution in [2.24, 2.45) is 0 Å². The van der Waals surface area contributed by atoms with Crippen LogP contribution in [0.15, 0.2) is 42.6 Å². The smallest absolute Gasteiger partial charge is 0.256 e. The first-order valence-corrected chi connectivity index (χ1v) is 7.16. The fourth-order valence-electron chi connectivity index (χ4n) is 2.20. The zero-order valence-electron chi connectivity index (χ0n) is 13.0. The lowest BCUT2D eigenvalue weighted by Gasteiger charge is -2.27. The highest BCUT2D eigenvalue weighted by Gasteiger charge is 2.37. The molecule has 0 saturated heterocycles. The van der Waals surface area contributed by atoms with Crippen molar-refractivity contribution in [3.05, 3.63) is 65.5 Å². The van der Waals surface area contributed by atoms with Gasteiger partial charge in [0.25, 0.3) is 5.91 Å². The number of carbonyl (C=O) groups is 1. The number of hydrogen-bond donors (Lipinski definition) is 1. The lowest BCUT2D eigenvalue weighted by molar-refractivity contribution is -0.142. The molecular formula is C17H18F2N2O2. The highest BCUT2D eigenvalue weighted by atomic mass is 19.1. The first-order chi connectivity index (χ1) is 11.0. The zero-order valence-corrected chi connectivity index (χ0v) is 13.0. The molecule has 1 amide bonds. The molecule has 122 valence electrons. The summed E-state index contributed by atoms with van der Waals surface area (Å²) in [6.07, 6.45) is 1.55. The van der Waals surface area contributed by atoms with Gasteiger partial charge in [0.15, 0.2) is 5.60 Å². The maximum Gasteiger partial charge on any atom is 0.256 e. The molecule has 1 heterocycles. The number of benzene rings is 1. The van der Waals surface area contributed by atoms with Crippen LogP contribution in [0, 0.1) is 11.6 Å². The normalized spacial score (nSPS) is 13.4. The van der Waals surface area contributed by atoms with Crippen molar-refractivity contribution < 1.29 is 18.3 Å². The fourth-order valence-corrected chi connectivity index (χ4v) is 2.20. The van der Waals surface area contributed by atoms with Gasteiger partial charge in [-0.15, -0.1) is 0 Å². The van der Waals surface area contributed by atoms with E-state index < -0.39 is 23.1 Å². The largest absolute Gasteiger partial charge is 0.364 e. The summed E-state index contributed by atoms with van der Waals surface area (Å²) in [6.45, 7) is 1.79. The maximum absolute atomic E-state index is 14.0. The number of halogens is 2. The second-order valence-electron chi connectivity index (χ2n) is 5.19. The third-order valence-corrected chi connectivity index (χ3v) is 3.68. The molecule has 0 bridgehead atoms. The summed E-state index contributed by atoms with van der Waals surface area (Å²) in [7, 11) is 1.35. The highest BCUT2D eigenvalue weighted by molar-refractivity contribution is 5.86. The fraction of sp³-hybridized carbons (Fsp3) is 0.294. The number of nitrogens with one attached hydrogen (secondary N) is 1. The lowest BCUT2D eigenvalue weighted by atomic mass is 9.94. The summed E-state index contributed by atoms with van der Waals surface area (Å²) in [5.41, 5.74) is -0.613. The minimum Gasteiger partial charge on any atom is -0.364 e. The topological polar surface area (TPSA) is 51.2 Å². The number of rotatable bonds is 6. The number of nitrogens with zero attached hydrogens (tertiary/aromatic N) is 1. The molecule has 0 spiro atoms. The van der Waals surface area contributed by atoms with Crippen LogP contribution in [0.2, 0.25) is 0 Å². The first-order valence-electron chi connectivity index (χ1n) is 7.16. The van der Waals surface area contributed by atoms with Crippen molar-refractivity contribution in [1.29, 1.82) is 0 Å². The van der Waals surface area contributed by atoms with Gasteiger partial charge in [0.1, 0.15) is 11.6 Å². The van der Waals surface area contributed by atoms with E-state index in [0.29, 0.717) is 12.1 Å². The van der Waals surface area contributed by atoms with Gasteiger partial charge in [-0.1, -0.05) is 18.2 Å². The van der Waals surface area contributed by atoms with Crippen molar-refractivity contribution in [2.45, 2.75) is 18.9 Å². The number of ether oxygens (including phenoxy) is 1. The number of pyridine rings is 1. The minimum absolute atomic E-state index is 0.167. The van der Waals surface area contributed by atoms with E-state index in [1.165, 1.54) is 32.2 Å². The van der Waals surface area contributed by atoms with Crippen molar-refractivity contribution in [3.63, 3.8) is 0 Å². The molecule has 2 rings (SSSR count). The molecule has 6 heteroatoms. The van der Waals surface area contributed by atoms with E-state index in [-0.39, 0.29) is 12.1 Å². The maximum atomic E-state index is 14.0. The Hall–Kier alpha value is -2.34. The number of amides is 1. The predicted octanol–water partition coefficient (Wildman–Crippen LogP) is 2.58. The molecule has 1 aromatic carbocycles. The van der Waals surface area contributed by atoms with Gasteiger partial charge in [-0.2, -0.15) is 0 Å². The molecule has 0 aliphatic carbocycles. The van der Waals surface area contributed by atoms with Crippen molar-refractivity contribution >= 4 is 5.91 Å². The van der Waals surface area contributed by atoms with Gasteiger partial charge in [0.2, 0.25) is 0 Å². The molecule has 1 atom stereocenters. The molecule has 23 heavy (non-hydrogen) atoms. The number of methoxy groups -OCH3 is 1. The number of carbonyl (C=O) groups excluding carboxylic acids is 1. The summed E-state index contributed by atoms with van der Waals surface area (Å²) in [6, 6.07) is 8.84. The average molecular weight is 320 g/mol. The zero-order chi connectivity index (χ0) is 16.9. The van der Waals surface area contributed by atoms with E-state index in [1.54, 1.807) is 18.2 Å². The van der Waals surface area contributed by atoms with Gasteiger partial charge in [-0.25, -0.2) is 8.78 Å². The summed E-state index contributed by atoms with van der Waals surface area (Å²) in [4.78, 5) is 16.3. The van der Waals surface area contributed by atoms with Crippen LogP contribution < -0.4 is 5.32 Å². The Bertz CT molecular complexity index is 677. The molecule has 2 aromatic rings. The summed E-state index contributed by atoms with van der Waals surface area (Å²) >= 11 is 0. The van der Waals surface area contributed by atoms with Gasteiger partial charge in [0, 0.05) is 31.3 Å². The van der Waals surface area contributed by atoms with E-state index in [4.69, 9.17) is 4.74 Å². The van der Waals surface area contributed by atoms with Gasteiger partial charge in [0.05, 0.1) is 6.20 Å². The third kappa shape index (κ3) is 3.90. The standard InChI is InChI=1S/C17H18F2N2O2/c1-17(23-2,14-5-3-4-6-15(14)19)16(22)20-10-9-13-8-7-12(18)11-21-13/h3-8,11H,9-10H2,1-2H3,(H,20,22). The van der Waals surface area contributed by atoms with E-state index in [1.807, 2.05) is 0 Å². The van der Waals surface area contributed by atoms with Crippen LogP contribution in [0.5, 0.6) is 0 Å². The van der Waals surface area contributed by atoms with Crippen molar-refractivity contribution in [2.75, 3.05) is 13.7 Å². The molecule has 0 aliphatic heterocycles. The molecule has 1 aromatic heterocycles. The Morgan fingerprint density at radius 2 is 2.00 bits per heavy atom. The van der Waals surface area contributed by atoms with Crippen LogP contribution in [0.1, 0.15) is 18.2 Å². The molecule has 0 fully saturated rings. The van der Waals surface area contributed by atoms with Gasteiger partial charge < -0.3 is 10.1 Å². The van der Waals surface area contributed by atoms with Crippen molar-refractivity contribution in [1.82, 2.24) is 10.3 Å². The van der Waals surface area contributed by atoms with Gasteiger partial charge >= 0.3 is 0 Å². The third-order valence-electron chi connectivity index (χ3n) is 3.68. The Morgan fingerprint density at radius 3 is 2.61 bits per heavy atom. The Balaban J connectivity index is 2.03. The minimum atomic E-state index is -1.43. The monoisotopic (exact) mass is 320 g/mol. The second kappa shape index (κ2) is 7.28. The molecule has 0 radical (unpaired) electrons. The summed E-state index contributed by atoms with van der Waals surface area (Å²) in [5, 5.41) is 2.70. The summed E-state index contributed by atoms with van der Waals surface area (Å²) < 4.78 is 32.0. The van der Waals surface area contributed by atoms with Crippen LogP contribution >= 0.6 is 0 Å². The SMILES string of the molecule is COC(C)(C(=O)NCCc1ccc(F)cn1)c1ccccc1F. The van der Waals surface area contributed by atoms with Crippen LogP contribution in [-0.4, -0.2) is 24.5 Å². The van der Waals surface area contributed by atoms with E-state index in [2.05, 4.69) is 10.3 Å². The quantitative estimate of drug-likeness (QED) is 0.890. The van der Waals surface area contributed by atoms with E-state index >= 15 is 0 Å². The molecule has 0 saturated carbocycles. The van der Waals surface area contributed by atoms with Crippen molar-refractivity contribution in [3.8, 4) is 0 Å². The Morgan fingerprint density at radius 1 is 1.26 bits per heavy atom.